The van der Waals surface area contributed by atoms with Gasteiger partial charge in [0, 0.05) is 5.69 Å². The highest BCUT2D eigenvalue weighted by Gasteiger charge is 2.14. The molecule has 1 aromatic carbocycles. The molecule has 2 aromatic rings. The highest BCUT2D eigenvalue weighted by molar-refractivity contribution is 5.41. The monoisotopic (exact) mass is 216 g/mol. The van der Waals surface area contributed by atoms with E-state index in [1.807, 2.05) is 50.4 Å². The molecule has 1 unspecified atom stereocenters. The van der Waals surface area contributed by atoms with Crippen LogP contribution in [0.15, 0.2) is 40.8 Å². The van der Waals surface area contributed by atoms with Gasteiger partial charge in [0.1, 0.15) is 11.5 Å². The fraction of sp³-hybridized carbons (Fsp3) is 0.231. The van der Waals surface area contributed by atoms with Crippen LogP contribution in [0.25, 0.3) is 0 Å². The molecule has 0 bridgehead atoms. The second-order valence-corrected chi connectivity index (χ2v) is 3.84. The van der Waals surface area contributed by atoms with Crippen molar-refractivity contribution in [1.29, 1.82) is 0 Å². The smallest absolute Gasteiger partial charge is 0.125 e. The van der Waals surface area contributed by atoms with Crippen molar-refractivity contribution in [2.24, 2.45) is 0 Å². The minimum atomic E-state index is 0.0781. The van der Waals surface area contributed by atoms with Gasteiger partial charge in [-0.25, -0.2) is 0 Å². The Morgan fingerprint density at radius 3 is 2.31 bits per heavy atom. The Hall–Kier alpha value is -1.74. The zero-order valence-corrected chi connectivity index (χ0v) is 9.53. The summed E-state index contributed by atoms with van der Waals surface area (Å²) >= 11 is 0. The average molecular weight is 216 g/mol. The maximum atomic E-state index is 5.67. The third kappa shape index (κ3) is 2.09. The summed E-state index contributed by atoms with van der Waals surface area (Å²) in [6.07, 6.45) is 0. The first-order valence-electron chi connectivity index (χ1n) is 5.29. The molecule has 3 N–H and O–H groups in total. The van der Waals surface area contributed by atoms with Crippen LogP contribution in [0.2, 0.25) is 0 Å². The molecular formula is C13H16N2O. The quantitative estimate of drug-likeness (QED) is 0.775. The molecule has 0 fully saturated rings. The third-order valence-corrected chi connectivity index (χ3v) is 2.60. The minimum absolute atomic E-state index is 0.0781. The second-order valence-electron chi connectivity index (χ2n) is 3.84. The van der Waals surface area contributed by atoms with Gasteiger partial charge in [-0.05, 0) is 43.8 Å². The summed E-state index contributed by atoms with van der Waals surface area (Å²) in [7, 11) is 1.92. The molecule has 16 heavy (non-hydrogen) atoms. The Bertz CT molecular complexity index is 459. The number of nitrogens with two attached hydrogens (primary N) is 1. The van der Waals surface area contributed by atoms with Gasteiger partial charge in [-0.1, -0.05) is 12.1 Å². The van der Waals surface area contributed by atoms with Crippen LogP contribution in [0.3, 0.4) is 0 Å². The average Bonchev–Trinajstić information content (AvgIpc) is 2.69. The molecule has 3 heteroatoms. The Morgan fingerprint density at radius 2 is 1.81 bits per heavy atom. The zero-order chi connectivity index (χ0) is 11.5. The molecule has 1 aromatic heterocycles. The van der Waals surface area contributed by atoms with Gasteiger partial charge in [-0.2, -0.15) is 0 Å². The number of nitrogen functional groups attached to an aromatic ring is 1. The Kier molecular flexibility index (Phi) is 2.97. The van der Waals surface area contributed by atoms with E-state index >= 15 is 0 Å². The van der Waals surface area contributed by atoms with Gasteiger partial charge in [-0.3, -0.25) is 0 Å². The normalized spacial score (nSPS) is 12.6. The number of benzene rings is 1. The van der Waals surface area contributed by atoms with Gasteiger partial charge in [0.05, 0.1) is 6.04 Å². The maximum Gasteiger partial charge on any atom is 0.125 e. The second kappa shape index (κ2) is 4.41. The van der Waals surface area contributed by atoms with Gasteiger partial charge < -0.3 is 15.5 Å². The molecule has 0 aliphatic heterocycles. The molecule has 2 rings (SSSR count). The van der Waals surface area contributed by atoms with Crippen LogP contribution in [0.4, 0.5) is 5.69 Å². The van der Waals surface area contributed by atoms with Gasteiger partial charge >= 0.3 is 0 Å². The number of furan rings is 1. The van der Waals surface area contributed by atoms with Crippen LogP contribution in [0.1, 0.15) is 23.1 Å². The van der Waals surface area contributed by atoms with Crippen LogP contribution in [0.5, 0.6) is 0 Å². The fourth-order valence-electron chi connectivity index (χ4n) is 1.77. The minimum Gasteiger partial charge on any atom is -0.464 e. The number of hydrogen-bond acceptors (Lipinski definition) is 3. The van der Waals surface area contributed by atoms with Gasteiger partial charge in [0.15, 0.2) is 0 Å². The largest absolute Gasteiger partial charge is 0.464 e. The zero-order valence-electron chi connectivity index (χ0n) is 9.53. The van der Waals surface area contributed by atoms with Crippen molar-refractivity contribution in [2.75, 3.05) is 12.8 Å². The van der Waals surface area contributed by atoms with E-state index in [1.165, 1.54) is 0 Å². The van der Waals surface area contributed by atoms with Crippen molar-refractivity contribution >= 4 is 5.69 Å². The maximum absolute atomic E-state index is 5.67. The molecule has 0 spiro atoms. The molecule has 0 amide bonds. The number of hydrogen-bond donors (Lipinski definition) is 2. The first kappa shape index (κ1) is 10.8. The summed E-state index contributed by atoms with van der Waals surface area (Å²) in [5.41, 5.74) is 7.58. The van der Waals surface area contributed by atoms with E-state index in [1.54, 1.807) is 0 Å². The molecule has 84 valence electrons. The van der Waals surface area contributed by atoms with Crippen molar-refractivity contribution in [1.82, 2.24) is 5.32 Å². The lowest BCUT2D eigenvalue weighted by atomic mass is 10.0. The highest BCUT2D eigenvalue weighted by atomic mass is 16.3. The van der Waals surface area contributed by atoms with Crippen molar-refractivity contribution in [3.05, 3.63) is 53.5 Å². The van der Waals surface area contributed by atoms with E-state index < -0.39 is 0 Å². The first-order chi connectivity index (χ1) is 7.70. The van der Waals surface area contributed by atoms with Crippen LogP contribution in [-0.4, -0.2) is 7.05 Å². The number of rotatable bonds is 3. The summed E-state index contributed by atoms with van der Waals surface area (Å²) in [6, 6.07) is 11.9. The van der Waals surface area contributed by atoms with Crippen LogP contribution >= 0.6 is 0 Å². The lowest BCUT2D eigenvalue weighted by molar-refractivity contribution is 0.444. The van der Waals surface area contributed by atoms with Gasteiger partial charge in [0.2, 0.25) is 0 Å². The molecule has 0 saturated heterocycles. The van der Waals surface area contributed by atoms with Crippen molar-refractivity contribution in [3.63, 3.8) is 0 Å². The predicted octanol–water partition coefficient (Wildman–Crippen LogP) is 2.48. The standard InChI is InChI=1S/C13H16N2O/c1-9-3-8-12(16-9)13(15-2)10-4-6-11(14)7-5-10/h3-8,13,15H,14H2,1-2H3. The lowest BCUT2D eigenvalue weighted by Crippen LogP contribution is -2.16. The van der Waals surface area contributed by atoms with Crippen molar-refractivity contribution in [2.45, 2.75) is 13.0 Å². The summed E-state index contributed by atoms with van der Waals surface area (Å²) in [6.45, 7) is 1.94. The van der Waals surface area contributed by atoms with E-state index in [0.29, 0.717) is 0 Å². The van der Waals surface area contributed by atoms with Crippen molar-refractivity contribution in [3.8, 4) is 0 Å². The highest BCUT2D eigenvalue weighted by Crippen LogP contribution is 2.24. The molecule has 1 heterocycles. The van der Waals surface area contributed by atoms with E-state index in [2.05, 4.69) is 5.32 Å². The van der Waals surface area contributed by atoms with Crippen LogP contribution < -0.4 is 11.1 Å². The summed E-state index contributed by atoms with van der Waals surface area (Å²) in [4.78, 5) is 0. The first-order valence-corrected chi connectivity index (χ1v) is 5.29. The number of anilines is 1. The fourth-order valence-corrected chi connectivity index (χ4v) is 1.77. The topological polar surface area (TPSA) is 51.2 Å². The van der Waals surface area contributed by atoms with E-state index in [4.69, 9.17) is 10.2 Å². The molecule has 0 aliphatic carbocycles. The van der Waals surface area contributed by atoms with Crippen LogP contribution in [-0.2, 0) is 0 Å². The van der Waals surface area contributed by atoms with Crippen LogP contribution in [0, 0.1) is 6.92 Å². The molecule has 0 saturated carbocycles. The Labute approximate surface area is 95.3 Å². The van der Waals surface area contributed by atoms with Gasteiger partial charge in [0.25, 0.3) is 0 Å². The summed E-state index contributed by atoms with van der Waals surface area (Å²) in [5, 5.41) is 3.23. The molecule has 3 nitrogen and oxygen atoms in total. The van der Waals surface area contributed by atoms with Crippen molar-refractivity contribution < 1.29 is 4.42 Å². The van der Waals surface area contributed by atoms with Gasteiger partial charge in [-0.15, -0.1) is 0 Å². The molecule has 0 radical (unpaired) electrons. The predicted molar refractivity (Wildman–Crippen MR) is 65.2 cm³/mol. The SMILES string of the molecule is CNC(c1ccc(N)cc1)c1ccc(C)o1. The number of aryl methyl sites for hydroxylation is 1. The third-order valence-electron chi connectivity index (χ3n) is 2.60. The van der Waals surface area contributed by atoms with E-state index in [9.17, 15) is 0 Å². The molecular weight excluding hydrogens is 200 g/mol. The number of nitrogens with one attached hydrogen (secondary N) is 1. The summed E-state index contributed by atoms with van der Waals surface area (Å²) < 4.78 is 5.63. The summed E-state index contributed by atoms with van der Waals surface area (Å²) in [5.74, 6) is 1.84. The molecule has 0 aliphatic rings. The molecule has 1 atom stereocenters. The lowest BCUT2D eigenvalue weighted by Gasteiger charge is -2.14. The van der Waals surface area contributed by atoms with E-state index in [-0.39, 0.29) is 6.04 Å². The van der Waals surface area contributed by atoms with E-state index in [0.717, 1.165) is 22.8 Å². The Balaban J connectivity index is 2.32. The Morgan fingerprint density at radius 1 is 1.12 bits per heavy atom.